The van der Waals surface area contributed by atoms with Crippen molar-refractivity contribution in [2.24, 2.45) is 0 Å². The normalized spacial score (nSPS) is 10.2. The Morgan fingerprint density at radius 3 is 0.955 bits per heavy atom. The first-order valence-electron chi connectivity index (χ1n) is 6.89. The molecule has 0 saturated carbocycles. The summed E-state index contributed by atoms with van der Waals surface area (Å²) in [5, 5.41) is 0. The van der Waals surface area contributed by atoms with Crippen LogP contribution in [0.3, 0.4) is 0 Å². The third kappa shape index (κ3) is 4.44. The molecule has 110 valence electrons. The fraction of sp³-hybridized carbons (Fsp3) is 0. The topological polar surface area (TPSA) is 27.7 Å². The molecule has 0 amide bonds. The van der Waals surface area contributed by atoms with Crippen molar-refractivity contribution in [2.45, 2.75) is 0 Å². The van der Waals surface area contributed by atoms with Gasteiger partial charge in [0.25, 0.3) is 0 Å². The Morgan fingerprint density at radius 1 is 0.409 bits per heavy atom. The van der Waals surface area contributed by atoms with E-state index in [1.54, 1.807) is 0 Å². The summed E-state index contributed by atoms with van der Waals surface area (Å²) in [5.41, 5.74) is 0. The Kier molecular flexibility index (Phi) is 5.22. The van der Waals surface area contributed by atoms with Crippen LogP contribution in [0.5, 0.6) is 17.2 Å². The van der Waals surface area contributed by atoms with Gasteiger partial charge >= 0.3 is 139 Å². The van der Waals surface area contributed by atoms with Crippen LogP contribution in [0.4, 0.5) is 0 Å². The zero-order valence-corrected chi connectivity index (χ0v) is 14.4. The van der Waals surface area contributed by atoms with Crippen molar-refractivity contribution in [3.63, 3.8) is 0 Å². The van der Waals surface area contributed by atoms with Crippen LogP contribution in [0.25, 0.3) is 0 Å². The van der Waals surface area contributed by atoms with Gasteiger partial charge in [0.2, 0.25) is 0 Å². The van der Waals surface area contributed by atoms with E-state index in [0.29, 0.717) is 0 Å². The molecule has 3 aromatic carbocycles. The monoisotopic (exact) mass is 400 g/mol. The summed E-state index contributed by atoms with van der Waals surface area (Å²) in [6.45, 7) is 0. The summed E-state index contributed by atoms with van der Waals surface area (Å²) >= 11 is -2.91. The molecule has 0 radical (unpaired) electrons. The van der Waals surface area contributed by atoms with E-state index in [-0.39, 0.29) is 0 Å². The second-order valence-corrected chi connectivity index (χ2v) is 7.28. The molecular formula is C18H15O3Sb. The molecule has 0 unspecified atom stereocenters. The zero-order chi connectivity index (χ0) is 15.0. The third-order valence-electron chi connectivity index (χ3n) is 2.77. The summed E-state index contributed by atoms with van der Waals surface area (Å²) in [5.74, 6) is 2.28. The van der Waals surface area contributed by atoms with Crippen LogP contribution in [0.2, 0.25) is 0 Å². The summed E-state index contributed by atoms with van der Waals surface area (Å²) in [6, 6.07) is 28.8. The van der Waals surface area contributed by atoms with E-state index >= 15 is 0 Å². The molecule has 0 aromatic heterocycles. The maximum atomic E-state index is 5.96. The fourth-order valence-corrected chi connectivity index (χ4v) is 4.59. The summed E-state index contributed by atoms with van der Waals surface area (Å²) in [6.07, 6.45) is 0. The molecule has 0 heterocycles. The van der Waals surface area contributed by atoms with Crippen molar-refractivity contribution in [1.29, 1.82) is 0 Å². The number of para-hydroxylation sites is 3. The summed E-state index contributed by atoms with van der Waals surface area (Å²) < 4.78 is 17.9. The Labute approximate surface area is 138 Å². The van der Waals surface area contributed by atoms with Crippen molar-refractivity contribution in [3.05, 3.63) is 91.0 Å². The molecule has 0 bridgehead atoms. The van der Waals surface area contributed by atoms with Gasteiger partial charge in [-0.2, -0.15) is 0 Å². The Bertz CT molecular complexity index is 576. The fourth-order valence-electron chi connectivity index (χ4n) is 1.76. The Balaban J connectivity index is 1.75. The van der Waals surface area contributed by atoms with Crippen LogP contribution < -0.4 is 9.05 Å². The van der Waals surface area contributed by atoms with E-state index in [0.717, 1.165) is 17.2 Å². The molecule has 0 N–H and O–H groups in total. The predicted octanol–water partition coefficient (Wildman–Crippen LogP) is 4.21. The van der Waals surface area contributed by atoms with Gasteiger partial charge in [-0.25, -0.2) is 0 Å². The van der Waals surface area contributed by atoms with Gasteiger partial charge in [-0.1, -0.05) is 0 Å². The molecule has 0 aliphatic carbocycles. The van der Waals surface area contributed by atoms with Crippen molar-refractivity contribution in [3.8, 4) is 17.2 Å². The molecule has 3 rings (SSSR count). The molecule has 3 nitrogen and oxygen atoms in total. The van der Waals surface area contributed by atoms with Crippen LogP contribution in [0.1, 0.15) is 0 Å². The molecule has 22 heavy (non-hydrogen) atoms. The number of hydrogen-bond acceptors (Lipinski definition) is 3. The number of hydrogen-bond donors (Lipinski definition) is 0. The minimum atomic E-state index is -2.91. The standard InChI is InChI=1S/3C6H6O.Sb/c3*7-6-4-2-1-3-5-6;/h3*1-5,7H;/q;;;+3/p-3. The third-order valence-corrected chi connectivity index (χ3v) is 5.85. The van der Waals surface area contributed by atoms with E-state index in [1.165, 1.54) is 0 Å². The molecule has 0 atom stereocenters. The van der Waals surface area contributed by atoms with Gasteiger partial charge < -0.3 is 0 Å². The van der Waals surface area contributed by atoms with E-state index < -0.39 is 21.5 Å². The molecule has 0 aliphatic rings. The molecule has 0 aliphatic heterocycles. The van der Waals surface area contributed by atoms with Gasteiger partial charge in [0.15, 0.2) is 0 Å². The summed E-state index contributed by atoms with van der Waals surface area (Å²) in [4.78, 5) is 0. The van der Waals surface area contributed by atoms with Gasteiger partial charge in [0, 0.05) is 0 Å². The van der Waals surface area contributed by atoms with Crippen LogP contribution in [0.15, 0.2) is 91.0 Å². The van der Waals surface area contributed by atoms with Gasteiger partial charge in [-0.15, -0.1) is 0 Å². The van der Waals surface area contributed by atoms with E-state index in [2.05, 4.69) is 0 Å². The van der Waals surface area contributed by atoms with Crippen LogP contribution >= 0.6 is 0 Å². The molecule has 0 fully saturated rings. The average molecular weight is 401 g/mol. The van der Waals surface area contributed by atoms with Crippen molar-refractivity contribution in [2.75, 3.05) is 0 Å². The quantitative estimate of drug-likeness (QED) is 0.580. The Morgan fingerprint density at radius 2 is 0.682 bits per heavy atom. The van der Waals surface area contributed by atoms with Crippen molar-refractivity contribution >= 4 is 21.5 Å². The SMILES string of the molecule is c1ccc([O][Sb]([O]c2ccccc2)[O]c2ccccc2)cc1. The van der Waals surface area contributed by atoms with Gasteiger partial charge in [-0.05, 0) is 0 Å². The van der Waals surface area contributed by atoms with Gasteiger partial charge in [-0.3, -0.25) is 0 Å². The maximum absolute atomic E-state index is 5.96. The first-order valence-corrected chi connectivity index (χ1v) is 10.0. The van der Waals surface area contributed by atoms with Crippen LogP contribution in [-0.4, -0.2) is 21.5 Å². The van der Waals surface area contributed by atoms with Crippen LogP contribution in [0, 0.1) is 0 Å². The predicted molar refractivity (Wildman–Crippen MR) is 87.0 cm³/mol. The molecule has 0 spiro atoms. The molecule has 4 heteroatoms. The first kappa shape index (κ1) is 14.8. The number of rotatable bonds is 6. The second-order valence-electron chi connectivity index (χ2n) is 4.44. The first-order chi connectivity index (χ1) is 10.9. The zero-order valence-electron chi connectivity index (χ0n) is 11.8. The van der Waals surface area contributed by atoms with Crippen molar-refractivity contribution in [1.82, 2.24) is 0 Å². The van der Waals surface area contributed by atoms with E-state index in [9.17, 15) is 0 Å². The van der Waals surface area contributed by atoms with E-state index in [4.69, 9.17) is 9.05 Å². The van der Waals surface area contributed by atoms with Gasteiger partial charge in [0.05, 0.1) is 0 Å². The second kappa shape index (κ2) is 7.76. The minimum absolute atomic E-state index is 0.761. The Hall–Kier alpha value is -2.12. The molecular weight excluding hydrogens is 386 g/mol. The van der Waals surface area contributed by atoms with E-state index in [1.807, 2.05) is 91.0 Å². The van der Waals surface area contributed by atoms with Crippen molar-refractivity contribution < 1.29 is 9.05 Å². The van der Waals surface area contributed by atoms with Crippen LogP contribution in [-0.2, 0) is 0 Å². The number of benzene rings is 3. The average Bonchev–Trinajstić information content (AvgIpc) is 2.57. The van der Waals surface area contributed by atoms with Gasteiger partial charge in [0.1, 0.15) is 0 Å². The molecule has 3 aromatic rings. The summed E-state index contributed by atoms with van der Waals surface area (Å²) in [7, 11) is 0. The molecule has 0 saturated heterocycles.